The normalized spacial score (nSPS) is 16.1. The number of pyridine rings is 1. The van der Waals surface area contributed by atoms with E-state index in [9.17, 15) is 9.59 Å². The van der Waals surface area contributed by atoms with Crippen LogP contribution in [0.4, 0.5) is 22.0 Å². The number of nitrogens with two attached hydrogens (primary N) is 1. The van der Waals surface area contributed by atoms with E-state index in [1.165, 1.54) is 5.56 Å². The van der Waals surface area contributed by atoms with Crippen molar-refractivity contribution in [2.24, 2.45) is 5.73 Å². The van der Waals surface area contributed by atoms with Crippen LogP contribution in [0.15, 0.2) is 66.9 Å². The Bertz CT molecular complexity index is 1250. The van der Waals surface area contributed by atoms with Crippen LogP contribution in [0.25, 0.3) is 0 Å². The van der Waals surface area contributed by atoms with Gasteiger partial charge in [0.2, 0.25) is 5.91 Å². The predicted molar refractivity (Wildman–Crippen MR) is 152 cm³/mol. The predicted octanol–water partition coefficient (Wildman–Crippen LogP) is 4.10. The third kappa shape index (κ3) is 7.06. The largest absolute Gasteiger partial charge is 0.381 e. The number of rotatable bonds is 8. The van der Waals surface area contributed by atoms with Crippen LogP contribution in [0.3, 0.4) is 0 Å². The number of ether oxygens (including phenoxy) is 1. The van der Waals surface area contributed by atoms with E-state index in [2.05, 4.69) is 52.0 Å². The summed E-state index contributed by atoms with van der Waals surface area (Å²) in [7, 11) is 0. The summed E-state index contributed by atoms with van der Waals surface area (Å²) in [6.45, 7) is 4.80. The molecule has 2 aliphatic heterocycles. The number of nitrogens with one attached hydrogen (secondary N) is 2. The first-order valence-electron chi connectivity index (χ1n) is 13.6. The number of morpholine rings is 1. The lowest BCUT2D eigenvalue weighted by molar-refractivity contribution is -0.117. The second kappa shape index (κ2) is 12.6. The van der Waals surface area contributed by atoms with Gasteiger partial charge >= 0.3 is 6.03 Å². The molecule has 2 fully saturated rings. The Morgan fingerprint density at radius 2 is 1.64 bits per heavy atom. The summed E-state index contributed by atoms with van der Waals surface area (Å²) in [5, 5.41) is 6.80. The number of hydrogen-bond acceptors (Lipinski definition) is 6. The number of carbonyl (C=O) groups is 2. The van der Waals surface area contributed by atoms with E-state index in [1.807, 2.05) is 34.1 Å². The lowest BCUT2D eigenvalue weighted by atomic mass is 9.89. The molecular weight excluding hydrogens is 492 g/mol. The van der Waals surface area contributed by atoms with Crippen LogP contribution in [-0.4, -0.2) is 66.1 Å². The Balaban J connectivity index is 1.19. The third-order valence-electron chi connectivity index (χ3n) is 7.38. The van der Waals surface area contributed by atoms with Crippen molar-refractivity contribution in [3.8, 4) is 0 Å². The van der Waals surface area contributed by atoms with E-state index in [-0.39, 0.29) is 12.5 Å². The van der Waals surface area contributed by atoms with Crippen molar-refractivity contribution >= 4 is 29.1 Å². The zero-order valence-electron chi connectivity index (χ0n) is 22.1. The minimum Gasteiger partial charge on any atom is -0.381 e. The quantitative estimate of drug-likeness (QED) is 0.406. The second-order valence-corrected chi connectivity index (χ2v) is 10.1. The van der Waals surface area contributed by atoms with E-state index < -0.39 is 5.91 Å². The summed E-state index contributed by atoms with van der Waals surface area (Å²) < 4.78 is 5.37. The summed E-state index contributed by atoms with van der Waals surface area (Å²) in [6, 6.07) is 20.6. The average molecular weight is 529 g/mol. The van der Waals surface area contributed by atoms with E-state index in [0.29, 0.717) is 44.6 Å². The van der Waals surface area contributed by atoms with Gasteiger partial charge in [0.05, 0.1) is 19.6 Å². The Kier molecular flexibility index (Phi) is 8.58. The van der Waals surface area contributed by atoms with E-state index in [4.69, 9.17) is 10.5 Å². The summed E-state index contributed by atoms with van der Waals surface area (Å²) in [6.07, 6.45) is 3.74. The number of hydrogen-bond donors (Lipinski definition) is 3. The van der Waals surface area contributed by atoms with E-state index in [0.717, 1.165) is 48.4 Å². The van der Waals surface area contributed by atoms with E-state index in [1.54, 1.807) is 6.20 Å². The maximum absolute atomic E-state index is 12.8. The zero-order chi connectivity index (χ0) is 27.0. The molecule has 9 nitrogen and oxygen atoms in total. The van der Waals surface area contributed by atoms with Gasteiger partial charge in [0, 0.05) is 61.9 Å². The Labute approximate surface area is 229 Å². The smallest absolute Gasteiger partial charge is 0.320 e. The number of nitrogens with zero attached hydrogens (tertiary/aromatic N) is 3. The maximum atomic E-state index is 12.8. The molecule has 3 amide bonds. The van der Waals surface area contributed by atoms with Gasteiger partial charge in [-0.3, -0.25) is 4.79 Å². The van der Waals surface area contributed by atoms with Crippen molar-refractivity contribution in [3.05, 3.63) is 83.6 Å². The number of aromatic nitrogens is 1. The van der Waals surface area contributed by atoms with Crippen LogP contribution in [-0.2, 0) is 22.5 Å². The van der Waals surface area contributed by atoms with Gasteiger partial charge < -0.3 is 30.9 Å². The number of anilines is 3. The van der Waals surface area contributed by atoms with Crippen LogP contribution in [0, 0.1) is 0 Å². The average Bonchev–Trinajstić information content (AvgIpc) is 2.98. The Hall–Kier alpha value is -4.11. The molecule has 0 saturated carbocycles. The molecule has 9 heteroatoms. The summed E-state index contributed by atoms with van der Waals surface area (Å²) in [5.41, 5.74) is 10.4. The fourth-order valence-corrected chi connectivity index (χ4v) is 5.18. The molecule has 1 aromatic heterocycles. The molecular formula is C30H36N6O3. The number of carbonyl (C=O) groups excluding carboxylic acids is 2. The lowest BCUT2D eigenvalue weighted by Crippen LogP contribution is -2.50. The molecule has 2 aliphatic rings. The number of urea groups is 1. The number of likely N-dealkylation sites (tertiary alicyclic amines) is 1. The molecule has 204 valence electrons. The maximum Gasteiger partial charge on any atom is 0.320 e. The molecule has 0 spiro atoms. The van der Waals surface area contributed by atoms with Crippen molar-refractivity contribution in [2.45, 2.75) is 31.7 Å². The fraction of sp³-hybridized carbons (Fsp3) is 0.367. The molecule has 3 aromatic rings. The molecule has 4 N–H and O–H groups in total. The first kappa shape index (κ1) is 26.5. The number of piperidine rings is 1. The zero-order valence-corrected chi connectivity index (χ0v) is 22.1. The molecule has 2 saturated heterocycles. The van der Waals surface area contributed by atoms with Gasteiger partial charge in [-0.05, 0) is 42.0 Å². The van der Waals surface area contributed by atoms with Crippen LogP contribution < -0.4 is 16.4 Å². The van der Waals surface area contributed by atoms with Crippen molar-refractivity contribution in [1.82, 2.24) is 14.8 Å². The highest BCUT2D eigenvalue weighted by Crippen LogP contribution is 2.30. The van der Waals surface area contributed by atoms with Gasteiger partial charge in [-0.15, -0.1) is 0 Å². The highest BCUT2D eigenvalue weighted by Gasteiger charge is 2.27. The minimum atomic E-state index is -0.396. The topological polar surface area (TPSA) is 113 Å². The monoisotopic (exact) mass is 528 g/mol. The second-order valence-electron chi connectivity index (χ2n) is 10.1. The van der Waals surface area contributed by atoms with Gasteiger partial charge in [0.15, 0.2) is 0 Å². The number of primary amides is 1. The SMILES string of the molecule is NC(=O)Cc1cnc(Nc2ccc(C3CCN(C(=O)N4CCOCC4)CC3)cc2)cc1NCc1ccccc1. The first-order chi connectivity index (χ1) is 19.0. The third-order valence-corrected chi connectivity index (χ3v) is 7.38. The number of benzene rings is 2. The molecule has 5 rings (SSSR count). The fourth-order valence-electron chi connectivity index (χ4n) is 5.18. The summed E-state index contributed by atoms with van der Waals surface area (Å²) >= 11 is 0. The molecule has 2 aromatic carbocycles. The van der Waals surface area contributed by atoms with Crippen molar-refractivity contribution < 1.29 is 14.3 Å². The van der Waals surface area contributed by atoms with Crippen molar-refractivity contribution in [1.29, 1.82) is 0 Å². The molecule has 0 aliphatic carbocycles. The first-order valence-corrected chi connectivity index (χ1v) is 13.6. The van der Waals surface area contributed by atoms with Crippen LogP contribution in [0.2, 0.25) is 0 Å². The minimum absolute atomic E-state index is 0.121. The van der Waals surface area contributed by atoms with Crippen LogP contribution >= 0.6 is 0 Å². The van der Waals surface area contributed by atoms with Gasteiger partial charge in [-0.2, -0.15) is 0 Å². The summed E-state index contributed by atoms with van der Waals surface area (Å²) in [5.74, 6) is 0.724. The molecule has 3 heterocycles. The highest BCUT2D eigenvalue weighted by atomic mass is 16.5. The summed E-state index contributed by atoms with van der Waals surface area (Å²) in [4.78, 5) is 32.8. The van der Waals surface area contributed by atoms with Crippen LogP contribution in [0.1, 0.15) is 35.4 Å². The van der Waals surface area contributed by atoms with Gasteiger partial charge in [-0.25, -0.2) is 9.78 Å². The van der Waals surface area contributed by atoms with E-state index >= 15 is 0 Å². The Morgan fingerprint density at radius 3 is 2.33 bits per heavy atom. The van der Waals surface area contributed by atoms with Crippen molar-refractivity contribution in [2.75, 3.05) is 50.0 Å². The standard InChI is InChI=1S/C30H36N6O3/c31-28(37)18-25-21-33-29(19-27(25)32-20-22-4-2-1-3-5-22)34-26-8-6-23(7-9-26)24-10-12-35(13-11-24)30(38)36-14-16-39-17-15-36/h1-9,19,21,24H,10-18,20H2,(H2,31,37)(H2,32,33,34). The van der Waals surface area contributed by atoms with Crippen LogP contribution in [0.5, 0.6) is 0 Å². The highest BCUT2D eigenvalue weighted by molar-refractivity contribution is 5.79. The molecule has 0 atom stereocenters. The molecule has 0 bridgehead atoms. The van der Waals surface area contributed by atoms with Gasteiger partial charge in [0.1, 0.15) is 5.82 Å². The van der Waals surface area contributed by atoms with Crippen molar-refractivity contribution in [3.63, 3.8) is 0 Å². The number of amides is 3. The molecule has 0 unspecified atom stereocenters. The van der Waals surface area contributed by atoms with Gasteiger partial charge in [-0.1, -0.05) is 42.5 Å². The Morgan fingerprint density at radius 1 is 0.949 bits per heavy atom. The lowest BCUT2D eigenvalue weighted by Gasteiger charge is -2.37. The van der Waals surface area contributed by atoms with Gasteiger partial charge in [0.25, 0.3) is 0 Å². The molecule has 0 radical (unpaired) electrons. The molecule has 39 heavy (non-hydrogen) atoms.